The fourth-order valence-corrected chi connectivity index (χ4v) is 8.28. The van der Waals surface area contributed by atoms with E-state index in [1.54, 1.807) is 0 Å². The van der Waals surface area contributed by atoms with Crippen LogP contribution in [0, 0.1) is 29.5 Å². The lowest BCUT2D eigenvalue weighted by molar-refractivity contribution is -0.131. The summed E-state index contributed by atoms with van der Waals surface area (Å²) in [5.74, 6) is 1.50. The van der Waals surface area contributed by atoms with Gasteiger partial charge in [-0.05, 0) is 93.4 Å². The van der Waals surface area contributed by atoms with Gasteiger partial charge in [-0.25, -0.2) is 12.8 Å². The van der Waals surface area contributed by atoms with Crippen molar-refractivity contribution < 1.29 is 17.6 Å². The van der Waals surface area contributed by atoms with Gasteiger partial charge in [0.05, 0.1) is 10.8 Å². The molecule has 1 heterocycles. The van der Waals surface area contributed by atoms with Crippen molar-refractivity contribution in [3.8, 4) is 0 Å². The highest BCUT2D eigenvalue weighted by atomic mass is 32.2. The fourth-order valence-electron chi connectivity index (χ4n) is 6.76. The predicted molar refractivity (Wildman–Crippen MR) is 107 cm³/mol. The molecule has 0 radical (unpaired) electrons. The van der Waals surface area contributed by atoms with Crippen molar-refractivity contribution in [3.63, 3.8) is 0 Å². The number of rotatable bonds is 4. The molecule has 0 aromatic heterocycles. The molecule has 4 bridgehead atoms. The predicted octanol–water partition coefficient (Wildman–Crippen LogP) is 3.31. The summed E-state index contributed by atoms with van der Waals surface area (Å²) in [4.78, 5) is 13.2. The molecule has 5 nitrogen and oxygen atoms in total. The van der Waals surface area contributed by atoms with E-state index in [1.165, 1.54) is 35.7 Å². The van der Waals surface area contributed by atoms with E-state index in [4.69, 9.17) is 0 Å². The van der Waals surface area contributed by atoms with Crippen LogP contribution >= 0.6 is 0 Å². The highest BCUT2D eigenvalue weighted by molar-refractivity contribution is 7.89. The first kappa shape index (κ1) is 19.5. The number of carbonyl (C=O) groups excluding carboxylic acids is 1. The van der Waals surface area contributed by atoms with Gasteiger partial charge in [-0.1, -0.05) is 0 Å². The summed E-state index contributed by atoms with van der Waals surface area (Å²) in [7, 11) is -3.71. The van der Waals surface area contributed by atoms with Gasteiger partial charge in [0.25, 0.3) is 0 Å². The Kier molecular flexibility index (Phi) is 4.74. The second-order valence-corrected chi connectivity index (χ2v) is 11.8. The van der Waals surface area contributed by atoms with Crippen LogP contribution in [0.4, 0.5) is 4.39 Å². The Morgan fingerprint density at radius 3 is 2.21 bits per heavy atom. The van der Waals surface area contributed by atoms with Crippen LogP contribution in [0.1, 0.15) is 51.4 Å². The summed E-state index contributed by atoms with van der Waals surface area (Å²) in [6.07, 6.45) is 8.62. The molecule has 1 aromatic carbocycles. The molecule has 1 saturated heterocycles. The van der Waals surface area contributed by atoms with Gasteiger partial charge in [0.2, 0.25) is 15.9 Å². The number of hydrogen-bond donors (Lipinski definition) is 1. The van der Waals surface area contributed by atoms with E-state index in [9.17, 15) is 17.6 Å². The van der Waals surface area contributed by atoms with Crippen LogP contribution in [0.3, 0.4) is 0 Å². The SMILES string of the molecule is O=C(NC12CC3CC(CC(C3)C1)C2)C1CCCN(S(=O)(=O)c2ccc(F)cc2)C1. The molecule has 158 valence electrons. The molecule has 0 spiro atoms. The minimum absolute atomic E-state index is 0.0194. The number of halogens is 1. The van der Waals surface area contributed by atoms with Crippen molar-refractivity contribution in [1.29, 1.82) is 0 Å². The fraction of sp³-hybridized carbons (Fsp3) is 0.682. The molecule has 1 aromatic rings. The van der Waals surface area contributed by atoms with E-state index in [-0.39, 0.29) is 28.8 Å². The van der Waals surface area contributed by atoms with E-state index in [2.05, 4.69) is 5.32 Å². The van der Waals surface area contributed by atoms with Crippen LogP contribution in [0.5, 0.6) is 0 Å². The van der Waals surface area contributed by atoms with Gasteiger partial charge in [0.15, 0.2) is 0 Å². The summed E-state index contributed by atoms with van der Waals surface area (Å²) in [6, 6.07) is 4.91. The van der Waals surface area contributed by atoms with Crippen molar-refractivity contribution in [2.24, 2.45) is 23.7 Å². The molecule has 1 atom stereocenters. The maximum Gasteiger partial charge on any atom is 0.243 e. The Morgan fingerprint density at radius 2 is 1.62 bits per heavy atom. The third-order valence-electron chi connectivity index (χ3n) is 7.63. The summed E-state index contributed by atoms with van der Waals surface area (Å²) in [6.45, 7) is 0.610. The van der Waals surface area contributed by atoms with Gasteiger partial charge in [-0.2, -0.15) is 4.31 Å². The zero-order valence-electron chi connectivity index (χ0n) is 16.6. The Labute approximate surface area is 172 Å². The molecular weight excluding hydrogens is 391 g/mol. The lowest BCUT2D eigenvalue weighted by atomic mass is 9.53. The molecular formula is C22H29FN2O3S. The van der Waals surface area contributed by atoms with Crippen molar-refractivity contribution in [2.75, 3.05) is 13.1 Å². The average molecular weight is 421 g/mol. The number of carbonyl (C=O) groups is 1. The Balaban J connectivity index is 1.28. The first-order valence-corrected chi connectivity index (χ1v) is 12.3. The van der Waals surface area contributed by atoms with Crippen LogP contribution in [0.25, 0.3) is 0 Å². The summed E-state index contributed by atoms with van der Waals surface area (Å²) in [5.41, 5.74) is -0.0516. The van der Waals surface area contributed by atoms with Crippen LogP contribution in [0.2, 0.25) is 0 Å². The number of sulfonamides is 1. The van der Waals surface area contributed by atoms with E-state index in [0.29, 0.717) is 19.4 Å². The van der Waals surface area contributed by atoms with Gasteiger partial charge in [0, 0.05) is 18.6 Å². The van der Waals surface area contributed by atoms with Gasteiger partial charge < -0.3 is 5.32 Å². The highest BCUT2D eigenvalue weighted by Gasteiger charge is 2.52. The lowest BCUT2D eigenvalue weighted by Gasteiger charge is -2.57. The largest absolute Gasteiger partial charge is 0.350 e. The van der Waals surface area contributed by atoms with Crippen LogP contribution in [-0.2, 0) is 14.8 Å². The molecule has 5 aliphatic rings. The molecule has 1 N–H and O–H groups in total. The normalized spacial score (nSPS) is 36.9. The third-order valence-corrected chi connectivity index (χ3v) is 9.51. The van der Waals surface area contributed by atoms with Gasteiger partial charge >= 0.3 is 0 Å². The molecule has 7 heteroatoms. The van der Waals surface area contributed by atoms with Crippen LogP contribution in [-0.4, -0.2) is 37.3 Å². The molecule has 6 rings (SSSR count). The van der Waals surface area contributed by atoms with Gasteiger partial charge in [0.1, 0.15) is 5.82 Å². The van der Waals surface area contributed by atoms with E-state index >= 15 is 0 Å². The molecule has 4 aliphatic carbocycles. The minimum Gasteiger partial charge on any atom is -0.350 e. The highest BCUT2D eigenvalue weighted by Crippen LogP contribution is 2.55. The van der Waals surface area contributed by atoms with Crippen molar-refractivity contribution in [2.45, 2.75) is 61.8 Å². The third kappa shape index (κ3) is 3.61. The molecule has 1 unspecified atom stereocenters. The molecule has 29 heavy (non-hydrogen) atoms. The standard InChI is InChI=1S/C22H29FN2O3S/c23-19-3-5-20(6-4-19)29(27,28)25-7-1-2-18(14-25)21(26)24-22-11-15-8-16(12-22)10-17(9-15)13-22/h3-6,15-18H,1-2,7-14H2,(H,24,26). The number of amides is 1. The topological polar surface area (TPSA) is 66.5 Å². The number of piperidine rings is 1. The zero-order valence-corrected chi connectivity index (χ0v) is 17.5. The van der Waals surface area contributed by atoms with Crippen molar-refractivity contribution >= 4 is 15.9 Å². The molecule has 1 aliphatic heterocycles. The smallest absolute Gasteiger partial charge is 0.243 e. The van der Waals surface area contributed by atoms with Crippen molar-refractivity contribution in [3.05, 3.63) is 30.1 Å². The summed E-state index contributed by atoms with van der Waals surface area (Å²) < 4.78 is 40.5. The molecule has 1 amide bonds. The summed E-state index contributed by atoms with van der Waals surface area (Å²) >= 11 is 0. The lowest BCUT2D eigenvalue weighted by Crippen LogP contribution is -2.61. The molecule has 5 fully saturated rings. The maximum atomic E-state index is 13.2. The second kappa shape index (κ2) is 7.05. The number of hydrogen-bond acceptors (Lipinski definition) is 3. The number of nitrogens with zero attached hydrogens (tertiary/aromatic N) is 1. The maximum absolute atomic E-state index is 13.2. The second-order valence-electron chi connectivity index (χ2n) is 9.84. The number of nitrogens with one attached hydrogen (secondary N) is 1. The van der Waals surface area contributed by atoms with E-state index < -0.39 is 15.8 Å². The quantitative estimate of drug-likeness (QED) is 0.813. The average Bonchev–Trinajstić information content (AvgIpc) is 2.67. The van der Waals surface area contributed by atoms with E-state index in [0.717, 1.165) is 49.1 Å². The summed E-state index contributed by atoms with van der Waals surface area (Å²) in [5, 5.41) is 3.40. The minimum atomic E-state index is -3.71. The first-order chi connectivity index (χ1) is 13.8. The Hall–Kier alpha value is -1.47. The van der Waals surface area contributed by atoms with Crippen molar-refractivity contribution in [1.82, 2.24) is 9.62 Å². The zero-order chi connectivity index (χ0) is 20.2. The first-order valence-electron chi connectivity index (χ1n) is 10.9. The Morgan fingerprint density at radius 1 is 1.03 bits per heavy atom. The number of benzene rings is 1. The van der Waals surface area contributed by atoms with Gasteiger partial charge in [-0.15, -0.1) is 0 Å². The van der Waals surface area contributed by atoms with Gasteiger partial charge in [-0.3, -0.25) is 4.79 Å². The molecule has 4 saturated carbocycles. The Bertz CT molecular complexity index is 864. The van der Waals surface area contributed by atoms with E-state index in [1.807, 2.05) is 0 Å². The monoisotopic (exact) mass is 420 g/mol. The van der Waals surface area contributed by atoms with Crippen LogP contribution < -0.4 is 5.32 Å². The van der Waals surface area contributed by atoms with Crippen LogP contribution in [0.15, 0.2) is 29.2 Å².